The molecule has 0 saturated heterocycles. The summed E-state index contributed by atoms with van der Waals surface area (Å²) < 4.78 is 15.9. The Morgan fingerprint density at radius 3 is 2.38 bits per heavy atom. The van der Waals surface area contributed by atoms with E-state index in [1.165, 1.54) is 13.3 Å². The molecule has 1 rings (SSSR count). The highest BCUT2D eigenvalue weighted by Gasteiger charge is 2.28. The van der Waals surface area contributed by atoms with E-state index in [0.717, 1.165) is 31.2 Å². The average molecular weight is 357 g/mol. The van der Waals surface area contributed by atoms with Crippen LogP contribution in [-0.2, 0) is 13.9 Å². The third-order valence-corrected chi connectivity index (χ3v) is 4.36. The van der Waals surface area contributed by atoms with E-state index in [4.69, 9.17) is 14.3 Å². The van der Waals surface area contributed by atoms with Crippen molar-refractivity contribution in [2.75, 3.05) is 0 Å². The van der Waals surface area contributed by atoms with E-state index < -0.39 is 20.0 Å². The van der Waals surface area contributed by atoms with Crippen molar-refractivity contribution in [3.8, 4) is 0 Å². The molecule has 0 aromatic heterocycles. The summed E-state index contributed by atoms with van der Waals surface area (Å²) in [6.45, 7) is 3.68. The molecule has 0 aliphatic heterocycles. The first kappa shape index (κ1) is 20.8. The predicted molar refractivity (Wildman–Crippen MR) is 93.3 cm³/mol. The fraction of sp³-hybridized carbons (Fsp3) is 0.588. The van der Waals surface area contributed by atoms with Crippen molar-refractivity contribution >= 4 is 13.7 Å². The monoisotopic (exact) mass is 357 g/mol. The standard InChI is InChI=1S/C17H28NO5P/c1-3-4-5-6-10-13-16(19)18-17(14(2)23-24(20,21)22)15-11-8-7-9-12-15/h7-9,11-12,14,17H,3-6,10,13H2,1-2H3,(H,18,19)(H2,20,21,22)/t14-,17?/m1/s1. The second-order valence-electron chi connectivity index (χ2n) is 5.92. The number of amides is 1. The van der Waals surface area contributed by atoms with E-state index in [2.05, 4.69) is 12.2 Å². The number of carbonyl (C=O) groups is 1. The number of benzene rings is 1. The molecule has 2 atom stereocenters. The number of hydrogen-bond donors (Lipinski definition) is 3. The molecule has 0 radical (unpaired) electrons. The van der Waals surface area contributed by atoms with Gasteiger partial charge in [-0.1, -0.05) is 62.9 Å². The van der Waals surface area contributed by atoms with Crippen molar-refractivity contribution < 1.29 is 23.7 Å². The van der Waals surface area contributed by atoms with Gasteiger partial charge in [0.15, 0.2) is 0 Å². The Labute approximate surface area is 143 Å². The van der Waals surface area contributed by atoms with Crippen LogP contribution in [0.1, 0.15) is 64.0 Å². The van der Waals surface area contributed by atoms with Crippen molar-refractivity contribution in [2.24, 2.45) is 0 Å². The van der Waals surface area contributed by atoms with Gasteiger partial charge in [0, 0.05) is 6.42 Å². The molecule has 1 amide bonds. The Kier molecular flexibility index (Phi) is 9.22. The Bertz CT molecular complexity index is 531. The van der Waals surface area contributed by atoms with Crippen molar-refractivity contribution in [2.45, 2.75) is 64.5 Å². The van der Waals surface area contributed by atoms with Crippen LogP contribution in [0.5, 0.6) is 0 Å². The summed E-state index contributed by atoms with van der Waals surface area (Å²) in [5.41, 5.74) is 0.748. The summed E-state index contributed by atoms with van der Waals surface area (Å²) in [5.74, 6) is -0.137. The zero-order chi connectivity index (χ0) is 18.0. The minimum atomic E-state index is -4.62. The molecule has 6 nitrogen and oxygen atoms in total. The molecular weight excluding hydrogens is 329 g/mol. The third-order valence-electron chi connectivity index (χ3n) is 3.76. The lowest BCUT2D eigenvalue weighted by atomic mass is 10.0. The number of nitrogens with one attached hydrogen (secondary N) is 1. The number of hydrogen-bond acceptors (Lipinski definition) is 3. The van der Waals surface area contributed by atoms with Gasteiger partial charge in [0.05, 0.1) is 12.1 Å². The second-order valence-corrected chi connectivity index (χ2v) is 7.11. The van der Waals surface area contributed by atoms with Crippen LogP contribution in [0.3, 0.4) is 0 Å². The molecule has 1 aromatic rings. The van der Waals surface area contributed by atoms with E-state index in [1.54, 1.807) is 12.1 Å². The fourth-order valence-corrected chi connectivity index (χ4v) is 3.10. The molecule has 7 heteroatoms. The van der Waals surface area contributed by atoms with Gasteiger partial charge in [-0.2, -0.15) is 0 Å². The summed E-state index contributed by atoms with van der Waals surface area (Å²) in [6, 6.07) is 8.44. The summed E-state index contributed by atoms with van der Waals surface area (Å²) in [6.07, 6.45) is 4.80. The lowest BCUT2D eigenvalue weighted by molar-refractivity contribution is -0.122. The van der Waals surface area contributed by atoms with Crippen LogP contribution in [0.2, 0.25) is 0 Å². The number of unbranched alkanes of at least 4 members (excludes halogenated alkanes) is 4. The first-order chi connectivity index (χ1) is 11.3. The molecule has 0 aliphatic rings. The van der Waals surface area contributed by atoms with Gasteiger partial charge in [0.25, 0.3) is 0 Å². The number of carbonyl (C=O) groups excluding carboxylic acids is 1. The van der Waals surface area contributed by atoms with E-state index >= 15 is 0 Å². The molecule has 0 bridgehead atoms. The van der Waals surface area contributed by atoms with E-state index in [0.29, 0.717) is 6.42 Å². The van der Waals surface area contributed by atoms with Crippen molar-refractivity contribution in [1.82, 2.24) is 5.32 Å². The molecule has 0 fully saturated rings. The van der Waals surface area contributed by atoms with Crippen LogP contribution in [-0.4, -0.2) is 21.8 Å². The largest absolute Gasteiger partial charge is 0.469 e. The molecular formula is C17H28NO5P. The van der Waals surface area contributed by atoms with Crippen LogP contribution in [0.4, 0.5) is 0 Å². The van der Waals surface area contributed by atoms with Gasteiger partial charge in [0.2, 0.25) is 5.91 Å². The molecule has 136 valence electrons. The smallest absolute Gasteiger partial charge is 0.347 e. The minimum Gasteiger partial charge on any atom is -0.347 e. The summed E-state index contributed by atoms with van der Waals surface area (Å²) in [7, 11) is -4.62. The summed E-state index contributed by atoms with van der Waals surface area (Å²) in [5, 5.41) is 2.84. The summed E-state index contributed by atoms with van der Waals surface area (Å²) >= 11 is 0. The first-order valence-electron chi connectivity index (χ1n) is 8.41. The van der Waals surface area contributed by atoms with Gasteiger partial charge in [-0.05, 0) is 18.9 Å². The van der Waals surface area contributed by atoms with E-state index in [1.807, 2.05) is 18.2 Å². The van der Waals surface area contributed by atoms with Gasteiger partial charge in [0.1, 0.15) is 0 Å². The summed E-state index contributed by atoms with van der Waals surface area (Å²) in [4.78, 5) is 30.2. The molecule has 0 aliphatic carbocycles. The van der Waals surface area contributed by atoms with Crippen LogP contribution < -0.4 is 5.32 Å². The zero-order valence-electron chi connectivity index (χ0n) is 14.4. The van der Waals surface area contributed by atoms with Gasteiger partial charge >= 0.3 is 7.82 Å². The van der Waals surface area contributed by atoms with E-state index in [9.17, 15) is 9.36 Å². The third kappa shape index (κ3) is 8.60. The van der Waals surface area contributed by atoms with E-state index in [-0.39, 0.29) is 5.91 Å². The molecule has 3 N–H and O–H groups in total. The maximum atomic E-state index is 12.2. The van der Waals surface area contributed by atoms with Crippen LogP contribution in [0.25, 0.3) is 0 Å². The highest BCUT2D eigenvalue weighted by atomic mass is 31.2. The van der Waals surface area contributed by atoms with Crippen LogP contribution in [0, 0.1) is 0 Å². The van der Waals surface area contributed by atoms with Crippen molar-refractivity contribution in [3.05, 3.63) is 35.9 Å². The highest BCUT2D eigenvalue weighted by Crippen LogP contribution is 2.40. The van der Waals surface area contributed by atoms with Crippen LogP contribution in [0.15, 0.2) is 30.3 Å². The first-order valence-corrected chi connectivity index (χ1v) is 9.94. The van der Waals surface area contributed by atoms with Crippen molar-refractivity contribution in [1.29, 1.82) is 0 Å². The lowest BCUT2D eigenvalue weighted by Gasteiger charge is -2.26. The molecule has 1 unspecified atom stereocenters. The second kappa shape index (κ2) is 10.6. The quantitative estimate of drug-likeness (QED) is 0.414. The van der Waals surface area contributed by atoms with Gasteiger partial charge in [-0.3, -0.25) is 9.32 Å². The van der Waals surface area contributed by atoms with Gasteiger partial charge < -0.3 is 15.1 Å². The maximum Gasteiger partial charge on any atom is 0.469 e. The Morgan fingerprint density at radius 1 is 1.17 bits per heavy atom. The molecule has 0 spiro atoms. The molecule has 0 heterocycles. The Hall–Kier alpha value is -1.20. The molecule has 1 aromatic carbocycles. The lowest BCUT2D eigenvalue weighted by Crippen LogP contribution is -2.35. The maximum absolute atomic E-state index is 12.2. The van der Waals surface area contributed by atoms with Crippen molar-refractivity contribution in [3.63, 3.8) is 0 Å². The predicted octanol–water partition coefficient (Wildman–Crippen LogP) is 3.70. The zero-order valence-corrected chi connectivity index (χ0v) is 15.2. The highest BCUT2D eigenvalue weighted by molar-refractivity contribution is 7.46. The normalized spacial score (nSPS) is 14.2. The Morgan fingerprint density at radius 2 is 1.79 bits per heavy atom. The fourth-order valence-electron chi connectivity index (χ4n) is 2.54. The average Bonchev–Trinajstić information content (AvgIpc) is 2.51. The minimum absolute atomic E-state index is 0.137. The number of rotatable bonds is 11. The van der Waals surface area contributed by atoms with Gasteiger partial charge in [-0.15, -0.1) is 0 Å². The SMILES string of the molecule is CCCCCCCC(=O)NC(c1ccccc1)[C@@H](C)OP(=O)(O)O. The van der Waals surface area contributed by atoms with Gasteiger partial charge in [-0.25, -0.2) is 4.57 Å². The van der Waals surface area contributed by atoms with Crippen LogP contribution >= 0.6 is 7.82 Å². The number of phosphoric acid groups is 1. The Balaban J connectivity index is 2.65. The topological polar surface area (TPSA) is 95.9 Å². The molecule has 24 heavy (non-hydrogen) atoms. The molecule has 0 saturated carbocycles. The number of phosphoric ester groups is 1.